The van der Waals surface area contributed by atoms with E-state index in [1.165, 1.54) is 4.90 Å². The average Bonchev–Trinajstić information content (AvgIpc) is 3.05. The number of anilines is 1. The number of amides is 3. The summed E-state index contributed by atoms with van der Waals surface area (Å²) in [6.45, 7) is 2.83. The monoisotopic (exact) mass is 490 g/mol. The van der Waals surface area contributed by atoms with E-state index in [0.717, 1.165) is 15.7 Å². The first-order chi connectivity index (χ1) is 15.5. The number of carbonyl (C=O) groups excluding carboxylic acids is 3. The van der Waals surface area contributed by atoms with Gasteiger partial charge in [-0.25, -0.2) is 0 Å². The standard InChI is InChI=1S/C26H23BrN2O3/c1-18-8-14-21(15-9-18)28(24(30)19-10-12-20(27)13-11-19)16-4-5-17-29-25(31)22-6-2-3-7-23(22)26(29)32/h2-3,6-15H,4-5,16-17H2,1H3. The molecule has 32 heavy (non-hydrogen) atoms. The van der Waals surface area contributed by atoms with Crippen LogP contribution < -0.4 is 4.90 Å². The minimum atomic E-state index is -0.244. The molecule has 6 heteroatoms. The Morgan fingerprint density at radius 3 is 2.03 bits per heavy atom. The molecule has 0 spiro atoms. The van der Waals surface area contributed by atoms with Gasteiger partial charge in [-0.15, -0.1) is 0 Å². The molecule has 0 saturated heterocycles. The van der Waals surface area contributed by atoms with Crippen molar-refractivity contribution < 1.29 is 14.4 Å². The lowest BCUT2D eigenvalue weighted by molar-refractivity contribution is 0.0651. The molecule has 0 saturated carbocycles. The van der Waals surface area contributed by atoms with Crippen LogP contribution in [0, 0.1) is 6.92 Å². The van der Waals surface area contributed by atoms with Crippen molar-refractivity contribution in [1.82, 2.24) is 4.90 Å². The first-order valence-corrected chi connectivity index (χ1v) is 11.3. The Bertz CT molecular complexity index is 1120. The van der Waals surface area contributed by atoms with E-state index in [1.54, 1.807) is 41.3 Å². The Balaban J connectivity index is 1.43. The van der Waals surface area contributed by atoms with Gasteiger partial charge in [0.25, 0.3) is 17.7 Å². The lowest BCUT2D eigenvalue weighted by Crippen LogP contribution is -2.34. The number of hydrogen-bond acceptors (Lipinski definition) is 3. The number of nitrogens with zero attached hydrogens (tertiary/aromatic N) is 2. The zero-order valence-electron chi connectivity index (χ0n) is 17.8. The fourth-order valence-electron chi connectivity index (χ4n) is 3.80. The molecule has 1 heterocycles. The number of imide groups is 1. The van der Waals surface area contributed by atoms with Gasteiger partial charge >= 0.3 is 0 Å². The van der Waals surface area contributed by atoms with Crippen molar-refractivity contribution in [1.29, 1.82) is 0 Å². The Kier molecular flexibility index (Phi) is 6.51. The van der Waals surface area contributed by atoms with Crippen molar-refractivity contribution in [3.8, 4) is 0 Å². The average molecular weight is 491 g/mol. The molecule has 0 fully saturated rings. The van der Waals surface area contributed by atoms with Crippen LogP contribution in [0.4, 0.5) is 5.69 Å². The SMILES string of the molecule is Cc1ccc(N(CCCCN2C(=O)c3ccccc3C2=O)C(=O)c2ccc(Br)cc2)cc1. The van der Waals surface area contributed by atoms with E-state index in [4.69, 9.17) is 0 Å². The van der Waals surface area contributed by atoms with Gasteiger partial charge in [0.1, 0.15) is 0 Å². The van der Waals surface area contributed by atoms with Gasteiger partial charge in [-0.1, -0.05) is 45.8 Å². The minimum Gasteiger partial charge on any atom is -0.308 e. The van der Waals surface area contributed by atoms with Gasteiger partial charge in [0, 0.05) is 28.8 Å². The second kappa shape index (κ2) is 9.49. The number of unbranched alkanes of at least 4 members (excludes halogenated alkanes) is 1. The molecule has 0 aliphatic carbocycles. The van der Waals surface area contributed by atoms with Crippen LogP contribution in [0.25, 0.3) is 0 Å². The molecular formula is C26H23BrN2O3. The van der Waals surface area contributed by atoms with E-state index in [0.29, 0.717) is 42.6 Å². The van der Waals surface area contributed by atoms with Gasteiger partial charge in [-0.2, -0.15) is 0 Å². The molecule has 0 radical (unpaired) electrons. The zero-order valence-corrected chi connectivity index (χ0v) is 19.3. The summed E-state index contributed by atoms with van der Waals surface area (Å²) in [5, 5.41) is 0. The van der Waals surface area contributed by atoms with Gasteiger partial charge < -0.3 is 4.90 Å². The molecule has 4 rings (SSSR count). The van der Waals surface area contributed by atoms with Crippen LogP contribution in [0.2, 0.25) is 0 Å². The van der Waals surface area contributed by atoms with E-state index < -0.39 is 0 Å². The van der Waals surface area contributed by atoms with E-state index in [1.807, 2.05) is 43.3 Å². The molecule has 3 aromatic rings. The molecule has 3 amide bonds. The Morgan fingerprint density at radius 2 is 1.44 bits per heavy atom. The second-order valence-corrected chi connectivity index (χ2v) is 8.73. The quantitative estimate of drug-likeness (QED) is 0.325. The van der Waals surface area contributed by atoms with Crippen molar-refractivity contribution in [3.63, 3.8) is 0 Å². The van der Waals surface area contributed by atoms with Crippen LogP contribution in [0.15, 0.2) is 77.3 Å². The summed E-state index contributed by atoms with van der Waals surface area (Å²) < 4.78 is 0.914. The molecule has 1 aliphatic heterocycles. The summed E-state index contributed by atoms with van der Waals surface area (Å²) in [7, 11) is 0. The predicted octanol–water partition coefficient (Wildman–Crippen LogP) is 5.48. The van der Waals surface area contributed by atoms with Crippen molar-refractivity contribution in [3.05, 3.63) is 99.5 Å². The highest BCUT2D eigenvalue weighted by Gasteiger charge is 2.34. The third kappa shape index (κ3) is 4.50. The van der Waals surface area contributed by atoms with Gasteiger partial charge in [0.05, 0.1) is 11.1 Å². The number of halogens is 1. The smallest absolute Gasteiger partial charge is 0.261 e. The maximum Gasteiger partial charge on any atom is 0.261 e. The summed E-state index contributed by atoms with van der Waals surface area (Å²) in [5.74, 6) is -0.569. The van der Waals surface area contributed by atoms with Crippen LogP contribution in [-0.4, -0.2) is 35.7 Å². The summed E-state index contributed by atoms with van der Waals surface area (Å²) >= 11 is 3.40. The van der Waals surface area contributed by atoms with E-state index >= 15 is 0 Å². The topological polar surface area (TPSA) is 57.7 Å². The second-order valence-electron chi connectivity index (χ2n) is 7.81. The molecule has 3 aromatic carbocycles. The van der Waals surface area contributed by atoms with Crippen LogP contribution in [0.1, 0.15) is 49.5 Å². The zero-order chi connectivity index (χ0) is 22.7. The highest BCUT2D eigenvalue weighted by molar-refractivity contribution is 9.10. The third-order valence-corrected chi connectivity index (χ3v) is 6.10. The van der Waals surface area contributed by atoms with E-state index in [9.17, 15) is 14.4 Å². The third-order valence-electron chi connectivity index (χ3n) is 5.57. The Hall–Kier alpha value is -3.25. The molecule has 5 nitrogen and oxygen atoms in total. The number of carbonyl (C=O) groups is 3. The maximum atomic E-state index is 13.2. The van der Waals surface area contributed by atoms with E-state index in [-0.39, 0.29) is 17.7 Å². The summed E-state index contributed by atoms with van der Waals surface area (Å²) in [5.41, 5.74) is 3.47. The molecule has 0 N–H and O–H groups in total. The number of hydrogen-bond donors (Lipinski definition) is 0. The summed E-state index contributed by atoms with van der Waals surface area (Å²) in [6, 6.07) is 22.0. The van der Waals surface area contributed by atoms with Crippen molar-refractivity contribution in [2.24, 2.45) is 0 Å². The molecule has 0 atom stereocenters. The molecule has 162 valence electrons. The van der Waals surface area contributed by atoms with Crippen molar-refractivity contribution >= 4 is 39.3 Å². The fraction of sp³-hybridized carbons (Fsp3) is 0.192. The normalized spacial score (nSPS) is 12.8. The molecule has 0 unspecified atom stereocenters. The first kappa shape index (κ1) is 22.0. The van der Waals surface area contributed by atoms with Crippen LogP contribution in [-0.2, 0) is 0 Å². The number of rotatable bonds is 7. The molecule has 0 bridgehead atoms. The van der Waals surface area contributed by atoms with Gasteiger partial charge in [-0.3, -0.25) is 19.3 Å². The van der Waals surface area contributed by atoms with Gasteiger partial charge in [0.2, 0.25) is 0 Å². The largest absolute Gasteiger partial charge is 0.308 e. The highest BCUT2D eigenvalue weighted by Crippen LogP contribution is 2.24. The molecular weight excluding hydrogens is 468 g/mol. The first-order valence-electron chi connectivity index (χ1n) is 10.5. The van der Waals surface area contributed by atoms with Crippen LogP contribution >= 0.6 is 15.9 Å². The van der Waals surface area contributed by atoms with Crippen molar-refractivity contribution in [2.75, 3.05) is 18.0 Å². The predicted molar refractivity (Wildman–Crippen MR) is 128 cm³/mol. The Labute approximate surface area is 195 Å². The number of fused-ring (bicyclic) bond motifs is 1. The Morgan fingerprint density at radius 1 is 0.844 bits per heavy atom. The highest BCUT2D eigenvalue weighted by atomic mass is 79.9. The van der Waals surface area contributed by atoms with Gasteiger partial charge in [-0.05, 0) is 68.3 Å². The van der Waals surface area contributed by atoms with E-state index in [2.05, 4.69) is 15.9 Å². The molecule has 0 aromatic heterocycles. The molecule has 1 aliphatic rings. The number of aryl methyl sites for hydroxylation is 1. The number of benzene rings is 3. The summed E-state index contributed by atoms with van der Waals surface area (Å²) in [6.07, 6.45) is 1.27. The van der Waals surface area contributed by atoms with Crippen LogP contribution in [0.3, 0.4) is 0 Å². The lowest BCUT2D eigenvalue weighted by Gasteiger charge is -2.24. The van der Waals surface area contributed by atoms with Gasteiger partial charge in [0.15, 0.2) is 0 Å². The van der Waals surface area contributed by atoms with Crippen molar-refractivity contribution in [2.45, 2.75) is 19.8 Å². The van der Waals surface area contributed by atoms with Crippen LogP contribution in [0.5, 0.6) is 0 Å². The maximum absolute atomic E-state index is 13.2. The minimum absolute atomic E-state index is 0.0814. The fourth-order valence-corrected chi connectivity index (χ4v) is 4.07. The summed E-state index contributed by atoms with van der Waals surface area (Å²) in [4.78, 5) is 41.4. The lowest BCUT2D eigenvalue weighted by atomic mass is 10.1.